The van der Waals surface area contributed by atoms with E-state index in [0.29, 0.717) is 13.0 Å². The Labute approximate surface area is 138 Å². The van der Waals surface area contributed by atoms with Gasteiger partial charge in [0.1, 0.15) is 0 Å². The van der Waals surface area contributed by atoms with Gasteiger partial charge in [0.15, 0.2) is 0 Å². The van der Waals surface area contributed by atoms with Gasteiger partial charge in [0.2, 0.25) is 5.91 Å². The lowest BCUT2D eigenvalue weighted by Crippen LogP contribution is -2.43. The summed E-state index contributed by atoms with van der Waals surface area (Å²) in [5, 5.41) is 0. The van der Waals surface area contributed by atoms with Gasteiger partial charge in [-0.25, -0.2) is 0 Å². The first-order chi connectivity index (χ1) is 10.9. The zero-order valence-electron chi connectivity index (χ0n) is 14.2. The van der Waals surface area contributed by atoms with E-state index in [2.05, 4.69) is 13.8 Å². The molecule has 0 N–H and O–H groups in total. The quantitative estimate of drug-likeness (QED) is 0.860. The van der Waals surface area contributed by atoms with E-state index in [9.17, 15) is 9.59 Å². The number of piperidine rings is 1. The molecule has 2 aliphatic heterocycles. The van der Waals surface area contributed by atoms with Crippen molar-refractivity contribution < 1.29 is 9.59 Å². The van der Waals surface area contributed by atoms with E-state index in [0.717, 1.165) is 43.6 Å². The summed E-state index contributed by atoms with van der Waals surface area (Å²) in [4.78, 5) is 28.2. The van der Waals surface area contributed by atoms with Crippen LogP contribution >= 0.6 is 0 Å². The van der Waals surface area contributed by atoms with Gasteiger partial charge in [-0.3, -0.25) is 9.59 Å². The predicted octanol–water partition coefficient (Wildman–Crippen LogP) is 3.07. The van der Waals surface area contributed by atoms with Crippen LogP contribution in [0.15, 0.2) is 24.3 Å². The van der Waals surface area contributed by atoms with Gasteiger partial charge >= 0.3 is 0 Å². The molecule has 2 fully saturated rings. The molecule has 2 amide bonds. The van der Waals surface area contributed by atoms with Crippen molar-refractivity contribution in [3.8, 4) is 0 Å². The summed E-state index contributed by atoms with van der Waals surface area (Å²) in [5.41, 5.74) is 2.05. The van der Waals surface area contributed by atoms with E-state index in [1.54, 1.807) is 0 Å². The topological polar surface area (TPSA) is 40.6 Å². The molecule has 1 aromatic carbocycles. The third-order valence-corrected chi connectivity index (χ3v) is 4.93. The Balaban J connectivity index is 1.64. The van der Waals surface area contributed by atoms with Crippen molar-refractivity contribution in [2.24, 2.45) is 5.41 Å². The summed E-state index contributed by atoms with van der Waals surface area (Å²) >= 11 is 0. The van der Waals surface area contributed by atoms with Gasteiger partial charge in [-0.2, -0.15) is 0 Å². The number of benzene rings is 1. The third kappa shape index (κ3) is 3.74. The molecule has 4 nitrogen and oxygen atoms in total. The van der Waals surface area contributed by atoms with Crippen LogP contribution in [0, 0.1) is 5.41 Å². The van der Waals surface area contributed by atoms with Crippen LogP contribution in [0.5, 0.6) is 0 Å². The highest BCUT2D eigenvalue weighted by Crippen LogP contribution is 2.29. The van der Waals surface area contributed by atoms with Crippen LogP contribution in [0.25, 0.3) is 0 Å². The SMILES string of the molecule is CC1(C)CCCN(C(=O)c2ccc(CN3CCCC3=O)cc2)C1. The summed E-state index contributed by atoms with van der Waals surface area (Å²) in [7, 11) is 0. The molecule has 0 aliphatic carbocycles. The van der Waals surface area contributed by atoms with Crippen molar-refractivity contribution in [1.82, 2.24) is 9.80 Å². The smallest absolute Gasteiger partial charge is 0.253 e. The van der Waals surface area contributed by atoms with Gasteiger partial charge in [0.05, 0.1) is 0 Å². The molecule has 0 aromatic heterocycles. The van der Waals surface area contributed by atoms with Crippen LogP contribution < -0.4 is 0 Å². The molecule has 0 spiro atoms. The lowest BCUT2D eigenvalue weighted by atomic mass is 9.84. The highest BCUT2D eigenvalue weighted by Gasteiger charge is 2.29. The average Bonchev–Trinajstić information content (AvgIpc) is 2.91. The maximum Gasteiger partial charge on any atom is 0.253 e. The van der Waals surface area contributed by atoms with Crippen molar-refractivity contribution in [3.63, 3.8) is 0 Å². The fraction of sp³-hybridized carbons (Fsp3) is 0.579. The Morgan fingerprint density at radius 1 is 1.13 bits per heavy atom. The zero-order chi connectivity index (χ0) is 16.4. The second kappa shape index (κ2) is 6.34. The minimum absolute atomic E-state index is 0.126. The van der Waals surface area contributed by atoms with Crippen molar-refractivity contribution in [3.05, 3.63) is 35.4 Å². The molecule has 2 heterocycles. The zero-order valence-corrected chi connectivity index (χ0v) is 14.2. The summed E-state index contributed by atoms with van der Waals surface area (Å²) in [5.74, 6) is 0.363. The van der Waals surface area contributed by atoms with Crippen LogP contribution in [0.2, 0.25) is 0 Å². The molecule has 0 unspecified atom stereocenters. The van der Waals surface area contributed by atoms with Crippen LogP contribution in [0.3, 0.4) is 0 Å². The van der Waals surface area contributed by atoms with Crippen LogP contribution in [-0.4, -0.2) is 41.2 Å². The van der Waals surface area contributed by atoms with Crippen LogP contribution in [0.4, 0.5) is 0 Å². The van der Waals surface area contributed by atoms with Crippen molar-refractivity contribution in [2.75, 3.05) is 19.6 Å². The summed E-state index contributed by atoms with van der Waals surface area (Å²) in [6.45, 7) is 7.64. The molecule has 2 aliphatic rings. The fourth-order valence-corrected chi connectivity index (χ4v) is 3.62. The Bertz CT molecular complexity index is 592. The number of rotatable bonds is 3. The molecule has 0 atom stereocenters. The van der Waals surface area contributed by atoms with Gasteiger partial charge in [-0.1, -0.05) is 26.0 Å². The molecule has 23 heavy (non-hydrogen) atoms. The summed E-state index contributed by atoms with van der Waals surface area (Å²) in [6.07, 6.45) is 3.88. The van der Waals surface area contributed by atoms with Gasteiger partial charge in [0.25, 0.3) is 5.91 Å². The third-order valence-electron chi connectivity index (χ3n) is 4.93. The highest BCUT2D eigenvalue weighted by molar-refractivity contribution is 5.94. The molecule has 0 bridgehead atoms. The van der Waals surface area contributed by atoms with Crippen LogP contribution in [0.1, 0.15) is 55.5 Å². The molecule has 124 valence electrons. The lowest BCUT2D eigenvalue weighted by molar-refractivity contribution is -0.128. The molecule has 0 saturated carbocycles. The van der Waals surface area contributed by atoms with Crippen molar-refractivity contribution in [1.29, 1.82) is 0 Å². The van der Waals surface area contributed by atoms with E-state index >= 15 is 0 Å². The average molecular weight is 314 g/mol. The van der Waals surface area contributed by atoms with Crippen molar-refractivity contribution >= 4 is 11.8 Å². The molecule has 2 saturated heterocycles. The lowest BCUT2D eigenvalue weighted by Gasteiger charge is -2.38. The van der Waals surface area contributed by atoms with E-state index in [-0.39, 0.29) is 17.2 Å². The Kier molecular flexibility index (Phi) is 4.42. The standard InChI is InChI=1S/C19H26N2O2/c1-19(2)10-4-12-21(14-19)18(23)16-8-6-15(7-9-16)13-20-11-3-5-17(20)22/h6-9H,3-5,10-14H2,1-2H3. The highest BCUT2D eigenvalue weighted by atomic mass is 16.2. The minimum atomic E-state index is 0.126. The Morgan fingerprint density at radius 3 is 2.48 bits per heavy atom. The van der Waals surface area contributed by atoms with E-state index < -0.39 is 0 Å². The summed E-state index contributed by atoms with van der Waals surface area (Å²) < 4.78 is 0. The van der Waals surface area contributed by atoms with Crippen LogP contribution in [-0.2, 0) is 11.3 Å². The fourth-order valence-electron chi connectivity index (χ4n) is 3.62. The number of likely N-dealkylation sites (tertiary alicyclic amines) is 2. The number of nitrogens with zero attached hydrogens (tertiary/aromatic N) is 2. The Morgan fingerprint density at radius 2 is 1.87 bits per heavy atom. The van der Waals surface area contributed by atoms with E-state index in [1.165, 1.54) is 6.42 Å². The molecular weight excluding hydrogens is 288 g/mol. The molecular formula is C19H26N2O2. The van der Waals surface area contributed by atoms with E-state index in [1.807, 2.05) is 34.1 Å². The summed E-state index contributed by atoms with van der Waals surface area (Å²) in [6, 6.07) is 7.77. The first kappa shape index (κ1) is 16.0. The molecule has 3 rings (SSSR count). The maximum absolute atomic E-state index is 12.7. The number of amides is 2. The second-order valence-corrected chi connectivity index (χ2v) is 7.61. The molecule has 4 heteroatoms. The number of hydrogen-bond acceptors (Lipinski definition) is 2. The minimum Gasteiger partial charge on any atom is -0.338 e. The van der Waals surface area contributed by atoms with E-state index in [4.69, 9.17) is 0 Å². The first-order valence-electron chi connectivity index (χ1n) is 8.61. The van der Waals surface area contributed by atoms with Gasteiger partial charge in [-0.15, -0.1) is 0 Å². The Hall–Kier alpha value is -1.84. The second-order valence-electron chi connectivity index (χ2n) is 7.61. The first-order valence-corrected chi connectivity index (χ1v) is 8.61. The monoisotopic (exact) mass is 314 g/mol. The number of carbonyl (C=O) groups is 2. The number of hydrogen-bond donors (Lipinski definition) is 0. The van der Waals surface area contributed by atoms with Gasteiger partial charge < -0.3 is 9.80 Å². The van der Waals surface area contributed by atoms with Gasteiger partial charge in [0, 0.05) is 38.2 Å². The van der Waals surface area contributed by atoms with Gasteiger partial charge in [-0.05, 0) is 42.4 Å². The number of carbonyl (C=O) groups excluding carboxylic acids is 2. The van der Waals surface area contributed by atoms with Crippen molar-refractivity contribution in [2.45, 2.75) is 46.1 Å². The maximum atomic E-state index is 12.7. The largest absolute Gasteiger partial charge is 0.338 e. The normalized spacial score (nSPS) is 20.9. The molecule has 0 radical (unpaired) electrons. The molecule has 1 aromatic rings. The predicted molar refractivity (Wildman–Crippen MR) is 90.0 cm³/mol.